The summed E-state index contributed by atoms with van der Waals surface area (Å²) in [5.41, 5.74) is 3.87. The van der Waals surface area contributed by atoms with E-state index in [1.165, 1.54) is 14.2 Å². The van der Waals surface area contributed by atoms with Gasteiger partial charge in [-0.15, -0.1) is 0 Å². The minimum Gasteiger partial charge on any atom is -0.493 e. The van der Waals surface area contributed by atoms with Gasteiger partial charge in [0.25, 0.3) is 0 Å². The molecule has 10 heteroatoms. The van der Waals surface area contributed by atoms with Crippen molar-refractivity contribution in [1.29, 1.82) is 0 Å². The number of unbranched alkanes of at least 4 members (excludes halogenated alkanes) is 2. The van der Waals surface area contributed by atoms with Gasteiger partial charge in [-0.3, -0.25) is 0 Å². The van der Waals surface area contributed by atoms with E-state index in [2.05, 4.69) is 23.7 Å². The van der Waals surface area contributed by atoms with Crippen molar-refractivity contribution in [3.05, 3.63) is 107 Å². The lowest BCUT2D eigenvalue weighted by atomic mass is 10.0. The van der Waals surface area contributed by atoms with Gasteiger partial charge in [0, 0.05) is 34.7 Å². The highest BCUT2D eigenvalue weighted by atomic mass is 16.5. The Balaban J connectivity index is 1.01. The number of aliphatic hydroxyl groups excluding tert-OH is 2. The average Bonchev–Trinajstić information content (AvgIpc) is 3.80. The number of carbonyl (C=O) groups excluding carboxylic acids is 2. The molecule has 2 heterocycles. The van der Waals surface area contributed by atoms with E-state index in [9.17, 15) is 19.8 Å². The molecule has 274 valence electrons. The summed E-state index contributed by atoms with van der Waals surface area (Å²) in [6, 6.07) is 25.3. The molecule has 0 saturated carbocycles. The van der Waals surface area contributed by atoms with Crippen LogP contribution in [0.15, 0.2) is 93.8 Å². The number of hydrogen-bond donors (Lipinski definition) is 2. The average molecular weight is 727 g/mol. The van der Waals surface area contributed by atoms with Gasteiger partial charge in [-0.1, -0.05) is 72.5 Å². The van der Waals surface area contributed by atoms with Crippen LogP contribution >= 0.6 is 0 Å². The Hall–Kier alpha value is -6.46. The van der Waals surface area contributed by atoms with E-state index in [4.69, 9.17) is 27.8 Å². The van der Waals surface area contributed by atoms with Gasteiger partial charge in [0.05, 0.1) is 40.6 Å². The number of carbonyl (C=O) groups is 2. The maximum absolute atomic E-state index is 13.4. The van der Waals surface area contributed by atoms with Gasteiger partial charge in [0.1, 0.15) is 22.6 Å². The molecule has 10 nitrogen and oxygen atoms in total. The van der Waals surface area contributed by atoms with Crippen LogP contribution in [0.25, 0.3) is 44.6 Å². The van der Waals surface area contributed by atoms with Crippen molar-refractivity contribution in [2.45, 2.75) is 38.9 Å². The molecule has 0 fully saturated rings. The van der Waals surface area contributed by atoms with Crippen LogP contribution in [-0.2, 0) is 22.7 Å². The number of ether oxygens (including phenoxy) is 4. The Morgan fingerprint density at radius 3 is 1.39 bits per heavy atom. The number of aliphatic hydroxyl groups is 2. The van der Waals surface area contributed by atoms with E-state index in [1.807, 2.05) is 60.7 Å². The number of esters is 2. The van der Waals surface area contributed by atoms with E-state index < -0.39 is 11.9 Å². The van der Waals surface area contributed by atoms with E-state index in [-0.39, 0.29) is 37.6 Å². The van der Waals surface area contributed by atoms with Crippen LogP contribution in [0.3, 0.4) is 0 Å². The van der Waals surface area contributed by atoms with Crippen LogP contribution in [-0.4, -0.2) is 49.6 Å². The molecular weight excluding hydrogens is 688 g/mol. The molecule has 0 spiro atoms. The predicted octanol–water partition coefficient (Wildman–Crippen LogP) is 8.10. The number of benzene rings is 4. The first kappa shape index (κ1) is 37.3. The topological polar surface area (TPSA) is 138 Å². The lowest BCUT2D eigenvalue weighted by Crippen LogP contribution is -2.07. The van der Waals surface area contributed by atoms with Gasteiger partial charge < -0.3 is 38.0 Å². The third-order valence-electron chi connectivity index (χ3n) is 8.51. The van der Waals surface area contributed by atoms with Crippen LogP contribution in [0, 0.1) is 23.7 Å². The minimum atomic E-state index is -0.551. The SMILES string of the molecule is COc1cc(CO)cc2c(C(=O)OCCCC#CC#CCCCOC(=O)c3c(-c4ccccc4)oc4c(OC)cc(CO)cc34)c(-c3ccccc3)oc12. The number of fused-ring (bicyclic) bond motifs is 2. The second-order valence-corrected chi connectivity index (χ2v) is 12.1. The Labute approximate surface area is 312 Å². The molecule has 0 saturated heterocycles. The Morgan fingerprint density at radius 1 is 0.611 bits per heavy atom. The first-order chi connectivity index (χ1) is 26.5. The van der Waals surface area contributed by atoms with Gasteiger partial charge in [0.15, 0.2) is 22.7 Å². The second kappa shape index (κ2) is 17.8. The first-order valence-corrected chi connectivity index (χ1v) is 17.4. The largest absolute Gasteiger partial charge is 0.493 e. The van der Waals surface area contributed by atoms with Crippen molar-refractivity contribution in [3.8, 4) is 57.8 Å². The molecule has 2 N–H and O–H groups in total. The number of rotatable bonds is 14. The summed E-state index contributed by atoms with van der Waals surface area (Å²) < 4.78 is 34.5. The number of hydrogen-bond acceptors (Lipinski definition) is 10. The Kier molecular flexibility index (Phi) is 12.3. The summed E-state index contributed by atoms with van der Waals surface area (Å²) in [7, 11) is 3.00. The molecule has 0 aliphatic heterocycles. The van der Waals surface area contributed by atoms with Crippen LogP contribution in [0.5, 0.6) is 11.5 Å². The van der Waals surface area contributed by atoms with Crippen molar-refractivity contribution >= 4 is 33.9 Å². The normalized spacial score (nSPS) is 10.7. The van der Waals surface area contributed by atoms with Gasteiger partial charge in [-0.2, -0.15) is 0 Å². The lowest BCUT2D eigenvalue weighted by Gasteiger charge is -2.06. The monoisotopic (exact) mass is 726 g/mol. The molecule has 0 aliphatic rings. The lowest BCUT2D eigenvalue weighted by molar-refractivity contribution is 0.0494. The van der Waals surface area contributed by atoms with Crippen molar-refractivity contribution in [2.24, 2.45) is 0 Å². The summed E-state index contributed by atoms with van der Waals surface area (Å²) in [6.07, 6.45) is 1.92. The summed E-state index contributed by atoms with van der Waals surface area (Å²) in [5.74, 6) is 12.0. The van der Waals surface area contributed by atoms with Crippen molar-refractivity contribution in [1.82, 2.24) is 0 Å². The maximum atomic E-state index is 13.4. The molecule has 6 aromatic rings. The fraction of sp³-hybridized carbons (Fsp3) is 0.227. The number of methoxy groups -OCH3 is 2. The zero-order chi connectivity index (χ0) is 37.9. The van der Waals surface area contributed by atoms with Crippen LogP contribution < -0.4 is 9.47 Å². The molecule has 0 atom stereocenters. The zero-order valence-electron chi connectivity index (χ0n) is 29.9. The maximum Gasteiger partial charge on any atom is 0.342 e. The molecule has 54 heavy (non-hydrogen) atoms. The minimum absolute atomic E-state index is 0.135. The standard InChI is InChI=1S/C44H38O10/c1-49-35-25-29(27-45)23-33-37(39(53-41(33)35)31-17-11-9-12-18-31)43(47)51-21-15-7-5-3-4-6-8-16-22-52-44(48)38-34-24-30(28-46)26-36(50-2)42(34)54-40(38)32-19-13-10-14-20-32/h9-14,17-20,23-26,45-46H,7-8,15-16,21-22,27-28H2,1-2H3. The Morgan fingerprint density at radius 2 is 1.02 bits per heavy atom. The summed E-state index contributed by atoms with van der Waals surface area (Å²) in [5, 5.41) is 20.6. The third kappa shape index (κ3) is 8.27. The zero-order valence-corrected chi connectivity index (χ0v) is 29.9. The molecule has 2 aromatic heterocycles. The quantitative estimate of drug-likeness (QED) is 0.0644. The molecular formula is C44H38O10. The molecule has 0 amide bonds. The van der Waals surface area contributed by atoms with Gasteiger partial charge in [-0.05, 0) is 60.1 Å². The van der Waals surface area contributed by atoms with Gasteiger partial charge >= 0.3 is 11.9 Å². The van der Waals surface area contributed by atoms with Gasteiger partial charge in [0.2, 0.25) is 0 Å². The van der Waals surface area contributed by atoms with E-state index in [0.29, 0.717) is 92.9 Å². The van der Waals surface area contributed by atoms with E-state index in [0.717, 1.165) is 0 Å². The highest BCUT2D eigenvalue weighted by molar-refractivity contribution is 6.11. The molecule has 4 aromatic carbocycles. The van der Waals surface area contributed by atoms with Crippen molar-refractivity contribution in [3.63, 3.8) is 0 Å². The summed E-state index contributed by atoms with van der Waals surface area (Å²) in [6.45, 7) is -0.192. The van der Waals surface area contributed by atoms with Gasteiger partial charge in [-0.25, -0.2) is 9.59 Å². The number of furan rings is 2. The second-order valence-electron chi connectivity index (χ2n) is 12.1. The van der Waals surface area contributed by atoms with Crippen LogP contribution in [0.4, 0.5) is 0 Å². The fourth-order valence-electron chi connectivity index (χ4n) is 5.94. The summed E-state index contributed by atoms with van der Waals surface area (Å²) >= 11 is 0. The first-order valence-electron chi connectivity index (χ1n) is 17.4. The molecule has 0 unspecified atom stereocenters. The predicted molar refractivity (Wildman–Crippen MR) is 203 cm³/mol. The molecule has 0 bridgehead atoms. The van der Waals surface area contributed by atoms with E-state index >= 15 is 0 Å². The fourth-order valence-corrected chi connectivity index (χ4v) is 5.94. The highest BCUT2D eigenvalue weighted by Gasteiger charge is 2.27. The van der Waals surface area contributed by atoms with Crippen molar-refractivity contribution < 1.29 is 47.6 Å². The van der Waals surface area contributed by atoms with Crippen LogP contribution in [0.1, 0.15) is 57.5 Å². The molecule has 0 radical (unpaired) electrons. The van der Waals surface area contributed by atoms with E-state index in [1.54, 1.807) is 24.3 Å². The summed E-state index contributed by atoms with van der Waals surface area (Å²) in [4.78, 5) is 26.8. The molecule has 6 rings (SSSR count). The smallest absolute Gasteiger partial charge is 0.342 e. The highest BCUT2D eigenvalue weighted by Crippen LogP contribution is 2.41. The Bertz CT molecular complexity index is 2210. The van der Waals surface area contributed by atoms with Crippen LogP contribution in [0.2, 0.25) is 0 Å². The van der Waals surface area contributed by atoms with Crippen molar-refractivity contribution in [2.75, 3.05) is 27.4 Å². The third-order valence-corrected chi connectivity index (χ3v) is 8.51. The molecule has 0 aliphatic carbocycles.